The molecule has 0 aliphatic carbocycles. The standard InChI is InChI=1S/C13H17FN2O/c1-3-11(8-15)17-13-5-4-10(6-9(2)16)7-12(13)14/h4-5,7,9,11H,3,6,16H2,1-2H3. The summed E-state index contributed by atoms with van der Waals surface area (Å²) in [4.78, 5) is 0. The molecule has 0 spiro atoms. The third-order valence-corrected chi connectivity index (χ3v) is 2.34. The van der Waals surface area contributed by atoms with Crippen LogP contribution in [0, 0.1) is 17.1 Å². The lowest BCUT2D eigenvalue weighted by atomic mass is 10.1. The van der Waals surface area contributed by atoms with Gasteiger partial charge in [0.25, 0.3) is 0 Å². The van der Waals surface area contributed by atoms with E-state index in [9.17, 15) is 4.39 Å². The highest BCUT2D eigenvalue weighted by molar-refractivity contribution is 5.30. The van der Waals surface area contributed by atoms with Crippen LogP contribution in [0.5, 0.6) is 5.75 Å². The van der Waals surface area contributed by atoms with Crippen molar-refractivity contribution in [3.05, 3.63) is 29.6 Å². The van der Waals surface area contributed by atoms with Crippen molar-refractivity contribution >= 4 is 0 Å². The molecule has 3 nitrogen and oxygen atoms in total. The molecule has 2 N–H and O–H groups in total. The molecule has 0 radical (unpaired) electrons. The molecule has 2 unspecified atom stereocenters. The summed E-state index contributed by atoms with van der Waals surface area (Å²) < 4.78 is 18.9. The largest absolute Gasteiger partial charge is 0.473 e. The molecular formula is C13H17FN2O. The van der Waals surface area contributed by atoms with E-state index in [0.29, 0.717) is 12.8 Å². The Kier molecular flexibility index (Phi) is 4.92. The van der Waals surface area contributed by atoms with Gasteiger partial charge in [-0.3, -0.25) is 0 Å². The molecule has 0 amide bonds. The Balaban J connectivity index is 2.79. The zero-order chi connectivity index (χ0) is 12.8. The lowest BCUT2D eigenvalue weighted by Gasteiger charge is -2.12. The normalized spacial score (nSPS) is 13.8. The Bertz CT molecular complexity index is 412. The molecule has 2 atom stereocenters. The average Bonchev–Trinajstić information content (AvgIpc) is 2.27. The lowest BCUT2D eigenvalue weighted by molar-refractivity contribution is 0.240. The summed E-state index contributed by atoms with van der Waals surface area (Å²) in [6.45, 7) is 3.68. The quantitative estimate of drug-likeness (QED) is 0.854. The Hall–Kier alpha value is -1.60. The van der Waals surface area contributed by atoms with E-state index in [1.54, 1.807) is 12.1 Å². The third-order valence-electron chi connectivity index (χ3n) is 2.34. The number of nitriles is 1. The molecule has 0 fully saturated rings. The van der Waals surface area contributed by atoms with Crippen LogP contribution in [0.15, 0.2) is 18.2 Å². The van der Waals surface area contributed by atoms with E-state index in [2.05, 4.69) is 0 Å². The minimum atomic E-state index is -0.608. The van der Waals surface area contributed by atoms with E-state index in [0.717, 1.165) is 5.56 Å². The summed E-state index contributed by atoms with van der Waals surface area (Å²) in [5.74, 6) is -0.330. The molecule has 1 rings (SSSR count). The predicted molar refractivity (Wildman–Crippen MR) is 64.1 cm³/mol. The van der Waals surface area contributed by atoms with Crippen molar-refractivity contribution in [2.75, 3.05) is 0 Å². The topological polar surface area (TPSA) is 59.0 Å². The van der Waals surface area contributed by atoms with E-state index in [1.807, 2.05) is 19.9 Å². The first kappa shape index (κ1) is 13.5. The summed E-state index contributed by atoms with van der Waals surface area (Å²) in [7, 11) is 0. The summed E-state index contributed by atoms with van der Waals surface area (Å²) in [6.07, 6.45) is 0.535. The van der Waals surface area contributed by atoms with Gasteiger partial charge in [0.05, 0.1) is 0 Å². The van der Waals surface area contributed by atoms with Crippen molar-refractivity contribution in [1.82, 2.24) is 0 Å². The number of halogens is 1. The number of nitrogens with zero attached hydrogens (tertiary/aromatic N) is 1. The van der Waals surface area contributed by atoms with Gasteiger partial charge in [0, 0.05) is 6.04 Å². The Morgan fingerprint density at radius 3 is 2.71 bits per heavy atom. The van der Waals surface area contributed by atoms with Crippen LogP contribution < -0.4 is 10.5 Å². The second kappa shape index (κ2) is 6.21. The molecule has 0 saturated carbocycles. The number of nitrogens with two attached hydrogens (primary N) is 1. The summed E-state index contributed by atoms with van der Waals surface area (Å²) in [5.41, 5.74) is 6.47. The fourth-order valence-electron chi connectivity index (χ4n) is 1.49. The third kappa shape index (κ3) is 4.04. The van der Waals surface area contributed by atoms with Crippen molar-refractivity contribution in [1.29, 1.82) is 5.26 Å². The fraction of sp³-hybridized carbons (Fsp3) is 0.462. The van der Waals surface area contributed by atoms with Crippen LogP contribution in [0.3, 0.4) is 0 Å². The van der Waals surface area contributed by atoms with Gasteiger partial charge < -0.3 is 10.5 Å². The fourth-order valence-corrected chi connectivity index (χ4v) is 1.49. The monoisotopic (exact) mass is 236 g/mol. The lowest BCUT2D eigenvalue weighted by Crippen LogP contribution is -2.18. The Labute approximate surface area is 101 Å². The van der Waals surface area contributed by atoms with Crippen molar-refractivity contribution in [2.24, 2.45) is 5.73 Å². The second-order valence-electron chi connectivity index (χ2n) is 4.09. The average molecular weight is 236 g/mol. The van der Waals surface area contributed by atoms with Gasteiger partial charge in [0.15, 0.2) is 17.7 Å². The van der Waals surface area contributed by atoms with E-state index >= 15 is 0 Å². The van der Waals surface area contributed by atoms with Gasteiger partial charge in [-0.1, -0.05) is 13.0 Å². The van der Waals surface area contributed by atoms with Crippen LogP contribution in [0.25, 0.3) is 0 Å². The summed E-state index contributed by atoms with van der Waals surface area (Å²) >= 11 is 0. The molecule has 17 heavy (non-hydrogen) atoms. The first-order valence-corrected chi connectivity index (χ1v) is 5.67. The molecular weight excluding hydrogens is 219 g/mol. The van der Waals surface area contributed by atoms with Crippen LogP contribution in [0.4, 0.5) is 4.39 Å². The number of hydrogen-bond donors (Lipinski definition) is 1. The van der Waals surface area contributed by atoms with E-state index < -0.39 is 11.9 Å². The van der Waals surface area contributed by atoms with Gasteiger partial charge >= 0.3 is 0 Å². The van der Waals surface area contributed by atoms with Crippen LogP contribution in [-0.4, -0.2) is 12.1 Å². The molecule has 0 heterocycles. The highest BCUT2D eigenvalue weighted by Crippen LogP contribution is 2.20. The van der Waals surface area contributed by atoms with Gasteiger partial charge in [0.2, 0.25) is 0 Å². The van der Waals surface area contributed by atoms with Crippen molar-refractivity contribution in [3.8, 4) is 11.8 Å². The smallest absolute Gasteiger partial charge is 0.184 e. The molecule has 0 aliphatic heterocycles. The van der Waals surface area contributed by atoms with E-state index in [1.165, 1.54) is 6.07 Å². The van der Waals surface area contributed by atoms with Gasteiger partial charge in [0.1, 0.15) is 6.07 Å². The van der Waals surface area contributed by atoms with Gasteiger partial charge in [-0.25, -0.2) is 4.39 Å². The molecule has 0 saturated heterocycles. The van der Waals surface area contributed by atoms with E-state index in [4.69, 9.17) is 15.7 Å². The summed E-state index contributed by atoms with van der Waals surface area (Å²) in [5, 5.41) is 8.74. The van der Waals surface area contributed by atoms with Crippen LogP contribution >= 0.6 is 0 Å². The number of rotatable bonds is 5. The molecule has 0 bridgehead atoms. The zero-order valence-electron chi connectivity index (χ0n) is 10.1. The predicted octanol–water partition coefficient (Wildman–Crippen LogP) is 2.40. The number of hydrogen-bond acceptors (Lipinski definition) is 3. The SMILES string of the molecule is CCC(C#N)Oc1ccc(CC(C)N)cc1F. The van der Waals surface area contributed by atoms with Crippen LogP contribution in [0.1, 0.15) is 25.8 Å². The first-order valence-electron chi connectivity index (χ1n) is 5.67. The minimum Gasteiger partial charge on any atom is -0.473 e. The molecule has 4 heteroatoms. The maximum Gasteiger partial charge on any atom is 0.184 e. The van der Waals surface area contributed by atoms with E-state index in [-0.39, 0.29) is 11.8 Å². The first-order chi connectivity index (χ1) is 8.06. The van der Waals surface area contributed by atoms with Crippen molar-refractivity contribution < 1.29 is 9.13 Å². The molecule has 92 valence electrons. The molecule has 1 aromatic rings. The zero-order valence-corrected chi connectivity index (χ0v) is 10.1. The van der Waals surface area contributed by atoms with Crippen molar-refractivity contribution in [2.45, 2.75) is 38.8 Å². The minimum absolute atomic E-state index is 0.0105. The van der Waals surface area contributed by atoms with Gasteiger partial charge in [-0.15, -0.1) is 0 Å². The molecule has 0 aromatic heterocycles. The number of ether oxygens (including phenoxy) is 1. The summed E-state index contributed by atoms with van der Waals surface area (Å²) in [6, 6.07) is 6.68. The molecule has 1 aromatic carbocycles. The highest BCUT2D eigenvalue weighted by Gasteiger charge is 2.11. The van der Waals surface area contributed by atoms with Crippen LogP contribution in [0.2, 0.25) is 0 Å². The molecule has 0 aliphatic rings. The second-order valence-corrected chi connectivity index (χ2v) is 4.09. The van der Waals surface area contributed by atoms with Gasteiger partial charge in [-0.2, -0.15) is 5.26 Å². The highest BCUT2D eigenvalue weighted by atomic mass is 19.1. The van der Waals surface area contributed by atoms with Gasteiger partial charge in [-0.05, 0) is 37.5 Å². The Morgan fingerprint density at radius 1 is 1.53 bits per heavy atom. The maximum absolute atomic E-state index is 13.7. The van der Waals surface area contributed by atoms with Crippen molar-refractivity contribution in [3.63, 3.8) is 0 Å². The maximum atomic E-state index is 13.7. The van der Waals surface area contributed by atoms with Crippen LogP contribution in [-0.2, 0) is 6.42 Å². The number of benzene rings is 1. The Morgan fingerprint density at radius 2 is 2.24 bits per heavy atom.